The van der Waals surface area contributed by atoms with E-state index in [0.29, 0.717) is 12.0 Å². The maximum atomic E-state index is 13.0. The summed E-state index contributed by atoms with van der Waals surface area (Å²) in [4.78, 5) is 31.4. The van der Waals surface area contributed by atoms with Gasteiger partial charge < -0.3 is 4.74 Å². The number of allylic oxidation sites excluding steroid dienone is 2. The first-order valence-electron chi connectivity index (χ1n) is 8.80. The number of carbonyl (C=O) groups is 2. The molecule has 0 fully saturated rings. The number of ketones is 1. The van der Waals surface area contributed by atoms with Gasteiger partial charge in [0.05, 0.1) is 7.11 Å². The van der Waals surface area contributed by atoms with Crippen LogP contribution >= 0.6 is 11.8 Å². The molecule has 2 atom stereocenters. The zero-order valence-corrected chi connectivity index (χ0v) is 16.8. The van der Waals surface area contributed by atoms with Crippen LogP contribution in [-0.2, 0) is 14.3 Å². The highest BCUT2D eigenvalue weighted by Crippen LogP contribution is 2.47. The van der Waals surface area contributed by atoms with Crippen molar-refractivity contribution in [3.63, 3.8) is 0 Å². The van der Waals surface area contributed by atoms with E-state index in [-0.39, 0.29) is 23.1 Å². The zero-order chi connectivity index (χ0) is 19.1. The number of esters is 1. The summed E-state index contributed by atoms with van der Waals surface area (Å²) in [6.45, 7) is 6.04. The Balaban J connectivity index is 2.16. The average Bonchev–Trinajstić information content (AvgIpc) is 2.59. The third kappa shape index (κ3) is 3.37. The molecule has 0 saturated heterocycles. The Hall–Kier alpha value is -1.88. The second-order valence-electron chi connectivity index (χ2n) is 7.81. The lowest BCUT2D eigenvalue weighted by Gasteiger charge is -2.38. The summed E-state index contributed by atoms with van der Waals surface area (Å²) in [5.41, 5.74) is 3.11. The fourth-order valence-corrected chi connectivity index (χ4v) is 4.46. The summed E-state index contributed by atoms with van der Waals surface area (Å²) in [7, 11) is 1.39. The number of hydrogen-bond donors (Lipinski definition) is 0. The second kappa shape index (κ2) is 7.03. The molecule has 1 aliphatic carbocycles. The molecule has 0 N–H and O–H groups in total. The maximum absolute atomic E-state index is 13.0. The smallest absolute Gasteiger partial charge is 0.315 e. The van der Waals surface area contributed by atoms with Crippen LogP contribution in [0.5, 0.6) is 0 Å². The maximum Gasteiger partial charge on any atom is 0.315 e. The van der Waals surface area contributed by atoms with Gasteiger partial charge in [-0.25, -0.2) is 0 Å². The van der Waals surface area contributed by atoms with Crippen LogP contribution in [0.2, 0.25) is 0 Å². The van der Waals surface area contributed by atoms with Gasteiger partial charge in [-0.1, -0.05) is 26.0 Å². The molecular weight excluding hydrogens is 346 g/mol. The molecule has 0 spiro atoms. The summed E-state index contributed by atoms with van der Waals surface area (Å²) in [6.07, 6.45) is 3.25. The Kier molecular flexibility index (Phi) is 5.11. The van der Waals surface area contributed by atoms with E-state index in [0.717, 1.165) is 28.3 Å². The number of benzene rings is 1. The lowest BCUT2D eigenvalue weighted by molar-refractivity contribution is -0.143. The Morgan fingerprint density at radius 3 is 2.46 bits per heavy atom. The Bertz CT molecular complexity index is 805. The molecule has 5 heteroatoms. The molecule has 0 aromatic heterocycles. The van der Waals surface area contributed by atoms with Crippen LogP contribution in [0.4, 0.5) is 0 Å². The van der Waals surface area contributed by atoms with Crippen LogP contribution in [0.15, 0.2) is 45.4 Å². The highest BCUT2D eigenvalue weighted by molar-refractivity contribution is 7.98. The fraction of sp³-hybridized carbons (Fsp3) is 0.476. The number of methoxy groups -OCH3 is 1. The molecule has 4 nitrogen and oxygen atoms in total. The van der Waals surface area contributed by atoms with Crippen molar-refractivity contribution in [2.75, 3.05) is 13.4 Å². The SMILES string of the molecule is COC(=O)C1C(C)=NC2=C(C(=O)CC(C)(C)C2)[C@H]1c1ccc(SC)cc1. The van der Waals surface area contributed by atoms with Gasteiger partial charge in [-0.15, -0.1) is 11.8 Å². The van der Waals surface area contributed by atoms with Crippen molar-refractivity contribution < 1.29 is 14.3 Å². The number of thioether (sulfide) groups is 1. The second-order valence-corrected chi connectivity index (χ2v) is 8.69. The van der Waals surface area contributed by atoms with Crippen molar-refractivity contribution in [3.8, 4) is 0 Å². The molecule has 1 heterocycles. The van der Waals surface area contributed by atoms with Crippen LogP contribution in [0.25, 0.3) is 0 Å². The topological polar surface area (TPSA) is 55.7 Å². The number of carbonyl (C=O) groups excluding carboxylic acids is 2. The van der Waals surface area contributed by atoms with Crippen LogP contribution in [-0.4, -0.2) is 30.8 Å². The predicted octanol–water partition coefficient (Wildman–Crippen LogP) is 4.40. The van der Waals surface area contributed by atoms with E-state index in [2.05, 4.69) is 18.8 Å². The summed E-state index contributed by atoms with van der Waals surface area (Å²) in [5.74, 6) is -1.12. The lowest BCUT2D eigenvalue weighted by atomic mass is 9.67. The van der Waals surface area contributed by atoms with E-state index in [1.54, 1.807) is 11.8 Å². The van der Waals surface area contributed by atoms with E-state index in [9.17, 15) is 9.59 Å². The summed E-state index contributed by atoms with van der Waals surface area (Å²) in [6, 6.07) is 8.10. The number of rotatable bonds is 3. The van der Waals surface area contributed by atoms with Crippen molar-refractivity contribution in [2.24, 2.45) is 16.3 Å². The van der Waals surface area contributed by atoms with E-state index in [1.165, 1.54) is 7.11 Å². The van der Waals surface area contributed by atoms with Crippen LogP contribution in [0.1, 0.15) is 45.1 Å². The minimum absolute atomic E-state index is 0.0975. The molecular formula is C21H25NO3S. The monoisotopic (exact) mass is 371 g/mol. The third-order valence-corrected chi connectivity index (χ3v) is 5.98. The van der Waals surface area contributed by atoms with Gasteiger partial charge in [0.25, 0.3) is 0 Å². The third-order valence-electron chi connectivity index (χ3n) is 5.23. The molecule has 138 valence electrons. The largest absolute Gasteiger partial charge is 0.468 e. The lowest BCUT2D eigenvalue weighted by Crippen LogP contribution is -2.39. The van der Waals surface area contributed by atoms with E-state index in [1.807, 2.05) is 37.4 Å². The first-order valence-corrected chi connectivity index (χ1v) is 10.0. The highest BCUT2D eigenvalue weighted by Gasteiger charge is 2.45. The van der Waals surface area contributed by atoms with Crippen molar-refractivity contribution in [1.82, 2.24) is 0 Å². The first kappa shape index (κ1) is 18.9. The Labute approximate surface area is 159 Å². The van der Waals surface area contributed by atoms with Gasteiger partial charge in [-0.05, 0) is 42.7 Å². The van der Waals surface area contributed by atoms with E-state index >= 15 is 0 Å². The van der Waals surface area contributed by atoms with Crippen LogP contribution in [0, 0.1) is 11.3 Å². The van der Waals surface area contributed by atoms with Gasteiger partial charge in [0.15, 0.2) is 5.78 Å². The average molecular weight is 372 g/mol. The van der Waals surface area contributed by atoms with Gasteiger partial charge in [0.2, 0.25) is 0 Å². The Morgan fingerprint density at radius 1 is 1.23 bits per heavy atom. The minimum atomic E-state index is -0.552. The fourth-order valence-electron chi connectivity index (χ4n) is 4.05. The Morgan fingerprint density at radius 2 is 1.88 bits per heavy atom. The molecule has 0 saturated carbocycles. The number of aliphatic imine (C=N–C) groups is 1. The van der Waals surface area contributed by atoms with Gasteiger partial charge in [0, 0.05) is 34.2 Å². The molecule has 2 aliphatic rings. The van der Waals surface area contributed by atoms with Crippen molar-refractivity contribution in [2.45, 2.75) is 44.4 Å². The van der Waals surface area contributed by atoms with Gasteiger partial charge in [0.1, 0.15) is 5.92 Å². The van der Waals surface area contributed by atoms with Gasteiger partial charge in [-0.3, -0.25) is 14.6 Å². The first-order chi connectivity index (χ1) is 12.3. The number of ether oxygens (including phenoxy) is 1. The predicted molar refractivity (Wildman–Crippen MR) is 105 cm³/mol. The number of nitrogens with zero attached hydrogens (tertiary/aromatic N) is 1. The van der Waals surface area contributed by atoms with Crippen molar-refractivity contribution >= 4 is 29.2 Å². The van der Waals surface area contributed by atoms with Crippen LogP contribution < -0.4 is 0 Å². The van der Waals surface area contributed by atoms with Gasteiger partial charge in [-0.2, -0.15) is 0 Å². The molecule has 0 radical (unpaired) electrons. The number of hydrogen-bond acceptors (Lipinski definition) is 5. The summed E-state index contributed by atoms with van der Waals surface area (Å²) >= 11 is 1.67. The molecule has 0 amide bonds. The number of Topliss-reactive ketones (excluding diaryl/α,β-unsaturated/α-hetero) is 1. The molecule has 0 bridgehead atoms. The molecule has 1 aliphatic heterocycles. The van der Waals surface area contributed by atoms with Gasteiger partial charge >= 0.3 is 5.97 Å². The normalized spacial score (nSPS) is 24.8. The summed E-state index contributed by atoms with van der Waals surface area (Å²) < 4.78 is 5.05. The van der Waals surface area contributed by atoms with Crippen molar-refractivity contribution in [1.29, 1.82) is 0 Å². The standard InChI is InChI=1S/C21H25NO3S/c1-12-17(20(24)25-4)18(13-6-8-14(26-5)9-7-13)19-15(22-12)10-21(2,3)11-16(19)23/h6-9,17-18H,10-11H2,1-5H3/t17?,18-/m0/s1. The summed E-state index contributed by atoms with van der Waals surface area (Å²) in [5, 5.41) is 0. The quantitative estimate of drug-likeness (QED) is 0.584. The molecule has 3 rings (SSSR count). The molecule has 1 unspecified atom stereocenters. The highest BCUT2D eigenvalue weighted by atomic mass is 32.2. The molecule has 1 aromatic carbocycles. The molecule has 1 aromatic rings. The molecule has 26 heavy (non-hydrogen) atoms. The van der Waals surface area contributed by atoms with Crippen LogP contribution in [0.3, 0.4) is 0 Å². The minimum Gasteiger partial charge on any atom is -0.468 e. The van der Waals surface area contributed by atoms with E-state index in [4.69, 9.17) is 4.74 Å². The van der Waals surface area contributed by atoms with E-state index < -0.39 is 5.92 Å². The van der Waals surface area contributed by atoms with Crippen molar-refractivity contribution in [3.05, 3.63) is 41.1 Å². The zero-order valence-electron chi connectivity index (χ0n) is 16.0.